The Bertz CT molecular complexity index is 526. The maximum atomic E-state index is 11.8. The Morgan fingerprint density at radius 3 is 2.71 bits per heavy atom. The summed E-state index contributed by atoms with van der Waals surface area (Å²) in [5.41, 5.74) is 1.10. The van der Waals surface area contributed by atoms with Gasteiger partial charge in [-0.1, -0.05) is 0 Å². The molecule has 24 heavy (non-hydrogen) atoms. The number of aliphatic imine (C=N–C) groups is 1. The van der Waals surface area contributed by atoms with Gasteiger partial charge >= 0.3 is 0 Å². The van der Waals surface area contributed by atoms with Gasteiger partial charge in [-0.2, -0.15) is 0 Å². The quantitative estimate of drug-likeness (QED) is 0.420. The van der Waals surface area contributed by atoms with Gasteiger partial charge in [0, 0.05) is 53.0 Å². The van der Waals surface area contributed by atoms with Crippen LogP contribution in [0.2, 0.25) is 0 Å². The molecule has 0 saturated heterocycles. The highest BCUT2D eigenvalue weighted by Gasteiger charge is 2.11. The fourth-order valence-electron chi connectivity index (χ4n) is 2.02. The lowest BCUT2D eigenvalue weighted by atomic mass is 10.2. The number of rotatable bonds is 9. The third kappa shape index (κ3) is 7.04. The van der Waals surface area contributed by atoms with Crippen LogP contribution in [0.25, 0.3) is 0 Å². The van der Waals surface area contributed by atoms with E-state index in [4.69, 9.17) is 9.15 Å². The van der Waals surface area contributed by atoms with E-state index >= 15 is 0 Å². The van der Waals surface area contributed by atoms with Crippen LogP contribution in [0.3, 0.4) is 0 Å². The van der Waals surface area contributed by atoms with Gasteiger partial charge in [0.1, 0.15) is 12.3 Å². The second-order valence-electron chi connectivity index (χ2n) is 5.76. The van der Waals surface area contributed by atoms with Gasteiger partial charge in [-0.15, -0.1) is 0 Å². The van der Waals surface area contributed by atoms with Gasteiger partial charge in [-0.25, -0.2) is 4.99 Å². The lowest BCUT2D eigenvalue weighted by Gasteiger charge is -2.22. The first-order valence-corrected chi connectivity index (χ1v) is 8.26. The lowest BCUT2D eigenvalue weighted by molar-refractivity contribution is -0.127. The number of carbonyl (C=O) groups is 1. The number of amides is 1. The van der Waals surface area contributed by atoms with Gasteiger partial charge in [-0.05, 0) is 26.3 Å². The third-order valence-corrected chi connectivity index (χ3v) is 3.55. The molecule has 1 amide bonds. The number of carbonyl (C=O) groups excluding carboxylic acids is 1. The molecule has 0 saturated carbocycles. The zero-order valence-electron chi connectivity index (χ0n) is 15.5. The first-order chi connectivity index (χ1) is 11.5. The monoisotopic (exact) mass is 338 g/mol. The Morgan fingerprint density at radius 1 is 1.38 bits per heavy atom. The van der Waals surface area contributed by atoms with Crippen LogP contribution in [0.15, 0.2) is 21.7 Å². The van der Waals surface area contributed by atoms with Gasteiger partial charge < -0.3 is 24.3 Å². The molecule has 1 aromatic rings. The van der Waals surface area contributed by atoms with E-state index in [1.165, 1.54) is 4.90 Å². The van der Waals surface area contributed by atoms with Crippen LogP contribution in [0.5, 0.6) is 0 Å². The number of likely N-dealkylation sites (N-methyl/N-ethyl adjacent to an activating group) is 1. The van der Waals surface area contributed by atoms with Crippen LogP contribution >= 0.6 is 0 Å². The number of aryl methyl sites for hydroxylation is 1. The van der Waals surface area contributed by atoms with Crippen molar-refractivity contribution in [3.63, 3.8) is 0 Å². The summed E-state index contributed by atoms with van der Waals surface area (Å²) in [6, 6.07) is 1.95. The Labute approximate surface area is 144 Å². The Balaban J connectivity index is 2.66. The summed E-state index contributed by atoms with van der Waals surface area (Å²) in [5.74, 6) is 1.56. The number of hydrogen-bond donors (Lipinski definition) is 1. The summed E-state index contributed by atoms with van der Waals surface area (Å²) < 4.78 is 10.7. The molecule has 0 aromatic carbocycles. The topological polar surface area (TPSA) is 70.3 Å². The first-order valence-electron chi connectivity index (χ1n) is 8.26. The van der Waals surface area contributed by atoms with Gasteiger partial charge in [0.05, 0.1) is 6.26 Å². The minimum atomic E-state index is -0.0310. The molecule has 1 aromatic heterocycles. The highest BCUT2D eigenvalue weighted by atomic mass is 16.5. The zero-order chi connectivity index (χ0) is 17.9. The molecule has 136 valence electrons. The molecule has 0 fully saturated rings. The maximum Gasteiger partial charge on any atom is 0.243 e. The molecule has 7 nitrogen and oxygen atoms in total. The normalized spacial score (nSPS) is 11.5. The van der Waals surface area contributed by atoms with E-state index in [0.717, 1.165) is 30.9 Å². The number of guanidine groups is 1. The SMILES string of the molecule is CCOCCCNC(=NCC(=O)N(C)C)N(C)Cc1ccoc1C. The number of hydrogen-bond acceptors (Lipinski definition) is 4. The summed E-state index contributed by atoms with van der Waals surface area (Å²) in [6.07, 6.45) is 2.56. The molecule has 1 heterocycles. The molecule has 0 bridgehead atoms. The van der Waals surface area contributed by atoms with Crippen LogP contribution < -0.4 is 5.32 Å². The van der Waals surface area contributed by atoms with Crippen LogP contribution in [0.4, 0.5) is 0 Å². The number of nitrogens with zero attached hydrogens (tertiary/aromatic N) is 3. The van der Waals surface area contributed by atoms with E-state index < -0.39 is 0 Å². The van der Waals surface area contributed by atoms with E-state index in [2.05, 4.69) is 10.3 Å². The molecular formula is C17H30N4O3. The van der Waals surface area contributed by atoms with Crippen molar-refractivity contribution in [3.05, 3.63) is 23.7 Å². The summed E-state index contributed by atoms with van der Waals surface area (Å²) in [7, 11) is 5.40. The fourth-order valence-corrected chi connectivity index (χ4v) is 2.02. The molecule has 0 aliphatic heterocycles. The predicted octanol–water partition coefficient (Wildman–Crippen LogP) is 1.48. The molecular weight excluding hydrogens is 308 g/mol. The van der Waals surface area contributed by atoms with E-state index in [1.807, 2.05) is 31.9 Å². The molecule has 1 rings (SSSR count). The van der Waals surface area contributed by atoms with Crippen LogP contribution in [0, 0.1) is 6.92 Å². The van der Waals surface area contributed by atoms with Gasteiger partial charge in [0.15, 0.2) is 5.96 Å². The van der Waals surface area contributed by atoms with E-state index in [-0.39, 0.29) is 12.5 Å². The lowest BCUT2D eigenvalue weighted by Crippen LogP contribution is -2.40. The van der Waals surface area contributed by atoms with Crippen molar-refractivity contribution in [1.82, 2.24) is 15.1 Å². The minimum Gasteiger partial charge on any atom is -0.469 e. The van der Waals surface area contributed by atoms with Crippen LogP contribution in [-0.2, 0) is 16.1 Å². The van der Waals surface area contributed by atoms with Gasteiger partial charge in [0.2, 0.25) is 5.91 Å². The number of ether oxygens (including phenoxy) is 1. The van der Waals surface area contributed by atoms with Crippen molar-refractivity contribution < 1.29 is 13.9 Å². The van der Waals surface area contributed by atoms with E-state index in [1.54, 1.807) is 20.4 Å². The highest BCUT2D eigenvalue weighted by Crippen LogP contribution is 2.11. The Kier molecular flexibility index (Phi) is 8.93. The summed E-state index contributed by atoms with van der Waals surface area (Å²) in [6.45, 7) is 6.87. The minimum absolute atomic E-state index is 0.0310. The predicted molar refractivity (Wildman–Crippen MR) is 95.0 cm³/mol. The van der Waals surface area contributed by atoms with Crippen molar-refractivity contribution in [3.8, 4) is 0 Å². The smallest absolute Gasteiger partial charge is 0.243 e. The van der Waals surface area contributed by atoms with Gasteiger partial charge in [0.25, 0.3) is 0 Å². The van der Waals surface area contributed by atoms with Crippen molar-refractivity contribution >= 4 is 11.9 Å². The fraction of sp³-hybridized carbons (Fsp3) is 0.647. The van der Waals surface area contributed by atoms with Crippen molar-refractivity contribution in [2.24, 2.45) is 4.99 Å². The molecule has 7 heteroatoms. The second-order valence-corrected chi connectivity index (χ2v) is 5.76. The second kappa shape index (κ2) is 10.7. The average molecular weight is 338 g/mol. The van der Waals surface area contributed by atoms with E-state index in [0.29, 0.717) is 19.1 Å². The van der Waals surface area contributed by atoms with Crippen LogP contribution in [-0.4, -0.2) is 69.1 Å². The van der Waals surface area contributed by atoms with Crippen molar-refractivity contribution in [1.29, 1.82) is 0 Å². The zero-order valence-corrected chi connectivity index (χ0v) is 15.5. The molecule has 0 unspecified atom stereocenters. The summed E-state index contributed by atoms with van der Waals surface area (Å²) in [4.78, 5) is 19.8. The summed E-state index contributed by atoms with van der Waals surface area (Å²) >= 11 is 0. The average Bonchev–Trinajstić information content (AvgIpc) is 2.94. The van der Waals surface area contributed by atoms with Crippen LogP contribution in [0.1, 0.15) is 24.7 Å². The van der Waals surface area contributed by atoms with Crippen molar-refractivity contribution in [2.75, 3.05) is 47.4 Å². The summed E-state index contributed by atoms with van der Waals surface area (Å²) in [5, 5.41) is 3.30. The highest BCUT2D eigenvalue weighted by molar-refractivity contribution is 5.84. The molecule has 1 N–H and O–H groups in total. The van der Waals surface area contributed by atoms with Gasteiger partial charge in [-0.3, -0.25) is 4.79 Å². The molecule has 0 spiro atoms. The Hall–Kier alpha value is -2.02. The number of furan rings is 1. The van der Waals surface area contributed by atoms with Crippen molar-refractivity contribution in [2.45, 2.75) is 26.8 Å². The molecule has 0 radical (unpaired) electrons. The molecule has 0 aliphatic rings. The number of nitrogens with one attached hydrogen (secondary N) is 1. The van der Waals surface area contributed by atoms with E-state index in [9.17, 15) is 4.79 Å². The largest absolute Gasteiger partial charge is 0.469 e. The first kappa shape index (κ1) is 20.0. The standard InChI is InChI=1S/C17H30N4O3/c1-6-23-10-7-9-18-17(19-12-16(22)20(3)4)21(5)13-15-8-11-24-14(15)2/h8,11H,6-7,9-10,12-13H2,1-5H3,(H,18,19). The Morgan fingerprint density at radius 2 is 2.12 bits per heavy atom. The molecule has 0 aliphatic carbocycles. The maximum absolute atomic E-state index is 11.8. The third-order valence-electron chi connectivity index (χ3n) is 3.55. The molecule has 0 atom stereocenters.